The van der Waals surface area contributed by atoms with Gasteiger partial charge in [0.25, 0.3) is 0 Å². The molecule has 0 amide bonds. The molecule has 4 nitrogen and oxygen atoms in total. The van der Waals surface area contributed by atoms with Gasteiger partial charge in [-0.25, -0.2) is 9.78 Å². The number of aliphatic carboxylic acids is 1. The summed E-state index contributed by atoms with van der Waals surface area (Å²) in [6.07, 6.45) is 3.05. The maximum atomic E-state index is 11.1. The molecule has 0 aromatic carbocycles. The number of rotatable bonds is 10. The Bertz CT molecular complexity index is 204. The minimum Gasteiger partial charge on any atom is -0.481 e. The van der Waals surface area contributed by atoms with Gasteiger partial charge in [0, 0.05) is 0 Å². The van der Waals surface area contributed by atoms with E-state index in [1.165, 1.54) is 0 Å². The minimum absolute atomic E-state index is 0.397. The topological polar surface area (TPSA) is 55.8 Å². The van der Waals surface area contributed by atoms with E-state index < -0.39 is 18.0 Å². The SMILES string of the molecule is CCCCC(C(=O)O)C(C)OOCCC(C)C. The van der Waals surface area contributed by atoms with Crippen molar-refractivity contribution in [2.45, 2.75) is 59.5 Å². The summed E-state index contributed by atoms with van der Waals surface area (Å²) in [5.74, 6) is -0.725. The number of carbonyl (C=O) groups is 1. The van der Waals surface area contributed by atoms with E-state index in [9.17, 15) is 4.79 Å². The van der Waals surface area contributed by atoms with Gasteiger partial charge >= 0.3 is 5.97 Å². The predicted octanol–water partition coefficient (Wildman–Crippen LogP) is 3.26. The molecule has 0 saturated carbocycles. The highest BCUT2D eigenvalue weighted by Crippen LogP contribution is 2.16. The van der Waals surface area contributed by atoms with Gasteiger partial charge in [-0.05, 0) is 25.7 Å². The lowest BCUT2D eigenvalue weighted by Crippen LogP contribution is -2.28. The van der Waals surface area contributed by atoms with Crippen molar-refractivity contribution >= 4 is 5.97 Å². The molecule has 0 aliphatic heterocycles. The maximum absolute atomic E-state index is 11.1. The van der Waals surface area contributed by atoms with E-state index in [1.807, 2.05) is 6.92 Å². The van der Waals surface area contributed by atoms with Crippen molar-refractivity contribution in [1.29, 1.82) is 0 Å². The Morgan fingerprint density at radius 3 is 2.35 bits per heavy atom. The molecule has 0 aromatic heterocycles. The molecule has 1 N–H and O–H groups in total. The second-order valence-corrected chi connectivity index (χ2v) is 4.89. The highest BCUT2D eigenvalue weighted by atomic mass is 17.2. The van der Waals surface area contributed by atoms with Crippen molar-refractivity contribution < 1.29 is 19.7 Å². The average molecular weight is 246 g/mol. The fourth-order valence-corrected chi connectivity index (χ4v) is 1.49. The first-order valence-corrected chi connectivity index (χ1v) is 6.50. The summed E-state index contributed by atoms with van der Waals surface area (Å²) in [7, 11) is 0. The molecular weight excluding hydrogens is 220 g/mol. The van der Waals surface area contributed by atoms with Crippen molar-refractivity contribution in [1.82, 2.24) is 0 Å². The summed E-state index contributed by atoms with van der Waals surface area (Å²) in [5.41, 5.74) is 0. The van der Waals surface area contributed by atoms with Gasteiger partial charge in [0.15, 0.2) is 0 Å². The second-order valence-electron chi connectivity index (χ2n) is 4.89. The van der Waals surface area contributed by atoms with Gasteiger partial charge in [-0.2, -0.15) is 0 Å². The number of hydrogen-bond acceptors (Lipinski definition) is 3. The van der Waals surface area contributed by atoms with Crippen LogP contribution in [-0.4, -0.2) is 23.8 Å². The zero-order chi connectivity index (χ0) is 13.3. The third-order valence-electron chi connectivity index (χ3n) is 2.75. The third kappa shape index (κ3) is 8.16. The Labute approximate surface area is 104 Å². The lowest BCUT2D eigenvalue weighted by Gasteiger charge is -2.19. The highest BCUT2D eigenvalue weighted by Gasteiger charge is 2.25. The minimum atomic E-state index is -0.807. The predicted molar refractivity (Wildman–Crippen MR) is 66.6 cm³/mol. The van der Waals surface area contributed by atoms with Crippen LogP contribution in [0.5, 0.6) is 0 Å². The van der Waals surface area contributed by atoms with Crippen LogP contribution in [0, 0.1) is 11.8 Å². The quantitative estimate of drug-likeness (QED) is 0.365. The summed E-state index contributed by atoms with van der Waals surface area (Å²) in [4.78, 5) is 21.2. The Kier molecular flexibility index (Phi) is 9.09. The van der Waals surface area contributed by atoms with Crippen LogP contribution in [0.1, 0.15) is 53.4 Å². The van der Waals surface area contributed by atoms with E-state index in [-0.39, 0.29) is 0 Å². The first kappa shape index (κ1) is 16.4. The zero-order valence-corrected chi connectivity index (χ0v) is 11.4. The van der Waals surface area contributed by atoms with Crippen molar-refractivity contribution in [3.63, 3.8) is 0 Å². The molecule has 17 heavy (non-hydrogen) atoms. The molecule has 0 fully saturated rings. The van der Waals surface area contributed by atoms with Crippen LogP contribution < -0.4 is 0 Å². The molecule has 0 aromatic rings. The Morgan fingerprint density at radius 1 is 1.24 bits per heavy atom. The average Bonchev–Trinajstić information content (AvgIpc) is 2.24. The molecule has 0 heterocycles. The molecule has 0 radical (unpaired) electrons. The molecule has 0 aliphatic carbocycles. The molecule has 0 bridgehead atoms. The lowest BCUT2D eigenvalue weighted by molar-refractivity contribution is -0.329. The van der Waals surface area contributed by atoms with E-state index >= 15 is 0 Å². The summed E-state index contributed by atoms with van der Waals surface area (Å²) in [5, 5.41) is 9.08. The monoisotopic (exact) mass is 246 g/mol. The van der Waals surface area contributed by atoms with Crippen molar-refractivity contribution in [3.8, 4) is 0 Å². The molecule has 0 spiro atoms. The Balaban J connectivity index is 3.88. The van der Waals surface area contributed by atoms with E-state index in [2.05, 4.69) is 13.8 Å². The van der Waals surface area contributed by atoms with Crippen LogP contribution in [0.4, 0.5) is 0 Å². The first-order valence-electron chi connectivity index (χ1n) is 6.50. The number of hydrogen-bond donors (Lipinski definition) is 1. The number of carboxylic acid groups (broad SMARTS) is 1. The molecule has 2 unspecified atom stereocenters. The van der Waals surface area contributed by atoms with Gasteiger partial charge in [0.2, 0.25) is 0 Å². The van der Waals surface area contributed by atoms with Crippen LogP contribution in [0.2, 0.25) is 0 Å². The van der Waals surface area contributed by atoms with E-state index in [0.29, 0.717) is 18.9 Å². The van der Waals surface area contributed by atoms with E-state index in [1.54, 1.807) is 6.92 Å². The molecule has 0 rings (SSSR count). The standard InChI is InChI=1S/C13H26O4/c1-5-6-7-12(13(14)15)11(4)17-16-9-8-10(2)3/h10-12H,5-9H2,1-4H3,(H,14,15). The van der Waals surface area contributed by atoms with E-state index in [0.717, 1.165) is 19.3 Å². The Morgan fingerprint density at radius 2 is 1.88 bits per heavy atom. The molecular formula is C13H26O4. The number of carboxylic acids is 1. The first-order chi connectivity index (χ1) is 7.99. The van der Waals surface area contributed by atoms with Gasteiger partial charge in [-0.15, -0.1) is 0 Å². The maximum Gasteiger partial charge on any atom is 0.309 e. The molecule has 2 atom stereocenters. The number of unbranched alkanes of at least 4 members (excludes halogenated alkanes) is 1. The summed E-state index contributed by atoms with van der Waals surface area (Å²) in [6, 6.07) is 0. The third-order valence-corrected chi connectivity index (χ3v) is 2.75. The van der Waals surface area contributed by atoms with Crippen LogP contribution in [0.25, 0.3) is 0 Å². The van der Waals surface area contributed by atoms with Crippen molar-refractivity contribution in [3.05, 3.63) is 0 Å². The lowest BCUT2D eigenvalue weighted by atomic mass is 9.97. The van der Waals surface area contributed by atoms with E-state index in [4.69, 9.17) is 14.9 Å². The largest absolute Gasteiger partial charge is 0.481 e. The fraction of sp³-hybridized carbons (Fsp3) is 0.923. The van der Waals surface area contributed by atoms with Crippen LogP contribution in [0.15, 0.2) is 0 Å². The second kappa shape index (κ2) is 9.42. The summed E-state index contributed by atoms with van der Waals surface area (Å²) in [6.45, 7) is 8.53. The van der Waals surface area contributed by atoms with Gasteiger partial charge < -0.3 is 5.11 Å². The highest BCUT2D eigenvalue weighted by molar-refractivity contribution is 5.70. The smallest absolute Gasteiger partial charge is 0.309 e. The van der Waals surface area contributed by atoms with Crippen molar-refractivity contribution in [2.75, 3.05) is 6.61 Å². The van der Waals surface area contributed by atoms with Crippen molar-refractivity contribution in [2.24, 2.45) is 11.8 Å². The zero-order valence-electron chi connectivity index (χ0n) is 11.4. The molecule has 4 heteroatoms. The summed E-state index contributed by atoms with van der Waals surface area (Å²) < 4.78 is 0. The molecule has 102 valence electrons. The van der Waals surface area contributed by atoms with Gasteiger partial charge in [0.1, 0.15) is 6.10 Å². The van der Waals surface area contributed by atoms with Crippen LogP contribution in [0.3, 0.4) is 0 Å². The van der Waals surface area contributed by atoms with Crippen LogP contribution in [-0.2, 0) is 14.6 Å². The van der Waals surface area contributed by atoms with Gasteiger partial charge in [0.05, 0.1) is 12.5 Å². The fourth-order valence-electron chi connectivity index (χ4n) is 1.49. The van der Waals surface area contributed by atoms with Gasteiger partial charge in [-0.3, -0.25) is 4.79 Å². The van der Waals surface area contributed by atoms with Gasteiger partial charge in [-0.1, -0.05) is 33.6 Å². The van der Waals surface area contributed by atoms with Crippen LogP contribution >= 0.6 is 0 Å². The Hall–Kier alpha value is -0.610. The molecule has 0 saturated heterocycles. The normalized spacial score (nSPS) is 14.9. The summed E-state index contributed by atoms with van der Waals surface area (Å²) >= 11 is 0. The molecule has 0 aliphatic rings.